The molecule has 0 bridgehead atoms. The fraction of sp³-hybridized carbons (Fsp3) is 0.567. The minimum Gasteiger partial charge on any atom is -0.497 e. The van der Waals surface area contributed by atoms with Crippen molar-refractivity contribution in [2.24, 2.45) is 17.1 Å². The number of benzene rings is 1. The Balaban J connectivity index is 1.41. The Kier molecular flexibility index (Phi) is 8.79. The van der Waals surface area contributed by atoms with Gasteiger partial charge in [-0.3, -0.25) is 14.4 Å². The number of carbonyl (C=O) groups is 3. The van der Waals surface area contributed by atoms with Crippen LogP contribution in [0.1, 0.15) is 58.3 Å². The van der Waals surface area contributed by atoms with Gasteiger partial charge in [-0.15, -0.1) is 0 Å². The lowest BCUT2D eigenvalue weighted by atomic mass is 9.91. The number of nitrogens with zero attached hydrogens (tertiary/aromatic N) is 3. The van der Waals surface area contributed by atoms with Gasteiger partial charge in [0.1, 0.15) is 11.9 Å². The van der Waals surface area contributed by atoms with Gasteiger partial charge in [0.25, 0.3) is 5.88 Å². The molecule has 220 valence electrons. The maximum Gasteiger partial charge on any atom is 0.313 e. The largest absolute Gasteiger partial charge is 0.497 e. The van der Waals surface area contributed by atoms with Crippen LogP contribution >= 0.6 is 11.6 Å². The first kappa shape index (κ1) is 29.3. The highest BCUT2D eigenvalue weighted by Gasteiger charge is 2.61. The van der Waals surface area contributed by atoms with Gasteiger partial charge < -0.3 is 24.8 Å². The number of carbonyl (C=O) groups excluding carboxylic acids is 3. The first-order chi connectivity index (χ1) is 19.8. The fourth-order valence-electron chi connectivity index (χ4n) is 5.99. The zero-order valence-corrected chi connectivity index (χ0v) is 24.3. The van der Waals surface area contributed by atoms with Crippen LogP contribution in [0.3, 0.4) is 0 Å². The van der Waals surface area contributed by atoms with E-state index in [2.05, 4.69) is 22.1 Å². The maximum absolute atomic E-state index is 13.9. The average molecular weight is 585 g/mol. The minimum atomic E-state index is -0.897. The Morgan fingerprint density at radius 3 is 2.80 bits per heavy atom. The molecule has 2 N–H and O–H groups in total. The van der Waals surface area contributed by atoms with Gasteiger partial charge in [0.2, 0.25) is 5.91 Å². The lowest BCUT2D eigenvalue weighted by molar-refractivity contribution is -0.152. The van der Waals surface area contributed by atoms with E-state index in [1.807, 2.05) is 0 Å². The number of halogens is 1. The quantitative estimate of drug-likeness (QED) is 0.408. The van der Waals surface area contributed by atoms with Crippen molar-refractivity contribution in [3.8, 4) is 11.6 Å². The molecule has 2 aliphatic heterocycles. The van der Waals surface area contributed by atoms with Crippen molar-refractivity contribution >= 4 is 40.3 Å². The molecule has 0 unspecified atom stereocenters. The molecule has 3 heterocycles. The monoisotopic (exact) mass is 584 g/mol. The molecule has 2 fully saturated rings. The van der Waals surface area contributed by atoms with E-state index >= 15 is 0 Å². The Morgan fingerprint density at radius 2 is 2.02 bits per heavy atom. The highest BCUT2D eigenvalue weighted by atomic mass is 35.5. The van der Waals surface area contributed by atoms with Crippen LogP contribution in [0.2, 0.25) is 5.15 Å². The van der Waals surface area contributed by atoms with Crippen molar-refractivity contribution in [3.05, 3.63) is 35.5 Å². The van der Waals surface area contributed by atoms with Gasteiger partial charge in [-0.1, -0.05) is 36.6 Å². The van der Waals surface area contributed by atoms with E-state index < -0.39 is 23.6 Å². The van der Waals surface area contributed by atoms with E-state index in [-0.39, 0.29) is 60.6 Å². The van der Waals surface area contributed by atoms with Gasteiger partial charge in [0.15, 0.2) is 10.9 Å². The number of aromatic nitrogens is 2. The molecule has 1 aromatic heterocycles. The summed E-state index contributed by atoms with van der Waals surface area (Å²) < 4.78 is 16.9. The highest BCUT2D eigenvalue weighted by Crippen LogP contribution is 2.57. The predicted molar refractivity (Wildman–Crippen MR) is 153 cm³/mol. The van der Waals surface area contributed by atoms with Crippen LogP contribution in [0.5, 0.6) is 11.6 Å². The van der Waals surface area contributed by atoms with Crippen LogP contribution in [0.4, 0.5) is 0 Å². The molecule has 1 amide bonds. The molecule has 3 aliphatic rings. The van der Waals surface area contributed by atoms with Gasteiger partial charge >= 0.3 is 5.97 Å². The number of hydrogen-bond acceptors (Lipinski definition) is 9. The molecule has 1 aliphatic carbocycles. The highest BCUT2D eigenvalue weighted by molar-refractivity contribution is 6.31. The van der Waals surface area contributed by atoms with E-state index in [4.69, 9.17) is 31.5 Å². The van der Waals surface area contributed by atoms with E-state index in [0.717, 1.165) is 25.7 Å². The topological polar surface area (TPSA) is 134 Å². The van der Waals surface area contributed by atoms with E-state index in [1.54, 1.807) is 32.2 Å². The van der Waals surface area contributed by atoms with E-state index in [9.17, 15) is 14.4 Å². The van der Waals surface area contributed by atoms with Crippen molar-refractivity contribution in [1.82, 2.24) is 14.9 Å². The third kappa shape index (κ3) is 6.18. The predicted octanol–water partition coefficient (Wildman–Crippen LogP) is 4.02. The first-order valence-corrected chi connectivity index (χ1v) is 14.7. The summed E-state index contributed by atoms with van der Waals surface area (Å²) >= 11 is 6.42. The number of nitrogens with two attached hydrogens (primary N) is 1. The van der Waals surface area contributed by atoms with Gasteiger partial charge in [0, 0.05) is 18.9 Å². The van der Waals surface area contributed by atoms with Crippen LogP contribution in [0, 0.1) is 11.3 Å². The number of ketones is 1. The van der Waals surface area contributed by atoms with Crippen molar-refractivity contribution in [3.63, 3.8) is 0 Å². The molecule has 10 nitrogen and oxygen atoms in total. The number of allylic oxidation sites excluding steroid dienone is 2. The van der Waals surface area contributed by atoms with Crippen LogP contribution in [0.15, 0.2) is 30.4 Å². The van der Waals surface area contributed by atoms with Crippen LogP contribution in [0.25, 0.3) is 11.0 Å². The average Bonchev–Trinajstić information content (AvgIpc) is 3.49. The SMILES string of the molecule is CCOC(=O)[C@]12CC(=O)[C@@H]3C[C@@H](Oc4nc5cc(OC)ccc5nc4Cl)CN3C(=O)[C@@H](N)CCCCC/C=C\[C@@H]1C2. The number of hydrogen-bond donors (Lipinski definition) is 1. The molecular formula is C30H37ClN4O6. The lowest BCUT2D eigenvalue weighted by Crippen LogP contribution is -2.49. The molecular weight excluding hydrogens is 548 g/mol. The summed E-state index contributed by atoms with van der Waals surface area (Å²) in [7, 11) is 1.56. The van der Waals surface area contributed by atoms with Gasteiger partial charge in [0.05, 0.1) is 48.8 Å². The number of methoxy groups -OCH3 is 1. The number of amides is 1. The number of Topliss-reactive ketones (excluding diaryl/α,β-unsaturated/α-hetero) is 1. The second-order valence-corrected chi connectivity index (χ2v) is 11.5. The normalized spacial score (nSPS) is 29.6. The number of fused-ring (bicyclic) bond motifs is 3. The first-order valence-electron chi connectivity index (χ1n) is 14.4. The van der Waals surface area contributed by atoms with Crippen molar-refractivity contribution in [2.45, 2.75) is 76.5 Å². The zero-order valence-electron chi connectivity index (χ0n) is 23.5. The summed E-state index contributed by atoms with van der Waals surface area (Å²) in [6, 6.07) is 3.73. The molecule has 1 saturated carbocycles. The van der Waals surface area contributed by atoms with Crippen molar-refractivity contribution in [1.29, 1.82) is 0 Å². The smallest absolute Gasteiger partial charge is 0.313 e. The molecule has 0 radical (unpaired) electrons. The summed E-state index contributed by atoms with van der Waals surface area (Å²) in [4.78, 5) is 50.9. The second-order valence-electron chi connectivity index (χ2n) is 11.2. The molecule has 5 atom stereocenters. The molecule has 5 rings (SSSR count). The van der Waals surface area contributed by atoms with E-state index in [0.29, 0.717) is 29.6 Å². The van der Waals surface area contributed by atoms with Crippen LogP contribution < -0.4 is 15.2 Å². The molecule has 2 aromatic rings. The Hall–Kier alpha value is -3.24. The van der Waals surface area contributed by atoms with Crippen LogP contribution in [-0.4, -0.2) is 71.0 Å². The van der Waals surface area contributed by atoms with E-state index in [1.165, 1.54) is 4.90 Å². The van der Waals surface area contributed by atoms with Gasteiger partial charge in [-0.2, -0.15) is 0 Å². The third-order valence-corrected chi connectivity index (χ3v) is 8.62. The molecule has 1 saturated heterocycles. The molecule has 11 heteroatoms. The Labute approximate surface area is 244 Å². The summed E-state index contributed by atoms with van der Waals surface area (Å²) in [6.45, 7) is 2.14. The third-order valence-electron chi connectivity index (χ3n) is 8.37. The lowest BCUT2D eigenvalue weighted by Gasteiger charge is -2.27. The molecule has 1 aromatic carbocycles. The second kappa shape index (κ2) is 12.3. The number of ether oxygens (including phenoxy) is 3. The number of esters is 1. The molecule has 0 spiro atoms. The zero-order chi connectivity index (χ0) is 29.1. The van der Waals surface area contributed by atoms with Gasteiger partial charge in [-0.05, 0) is 50.7 Å². The summed E-state index contributed by atoms with van der Waals surface area (Å²) in [5, 5.41) is 0.0790. The fourth-order valence-corrected chi connectivity index (χ4v) is 6.17. The summed E-state index contributed by atoms with van der Waals surface area (Å²) in [5.74, 6) is -0.183. The minimum absolute atomic E-state index is 0.00637. The van der Waals surface area contributed by atoms with Gasteiger partial charge in [-0.25, -0.2) is 9.97 Å². The van der Waals surface area contributed by atoms with Crippen molar-refractivity contribution < 1.29 is 28.6 Å². The Bertz CT molecular complexity index is 1350. The van der Waals surface area contributed by atoms with Crippen molar-refractivity contribution in [2.75, 3.05) is 20.3 Å². The van der Waals surface area contributed by atoms with Crippen LogP contribution in [-0.2, 0) is 19.1 Å². The summed E-state index contributed by atoms with van der Waals surface area (Å²) in [6.07, 6.45) is 8.49. The Morgan fingerprint density at radius 1 is 1.20 bits per heavy atom. The summed E-state index contributed by atoms with van der Waals surface area (Å²) in [5.41, 5.74) is 6.55. The standard InChI is InChI=1S/C30H37ClN4O6/c1-3-40-29(38)30-15-18(30)9-7-5-4-6-8-10-21(32)28(37)35-17-20(14-24(35)25(36)16-30)41-27-26(31)33-22-12-11-19(39-2)13-23(22)34-27/h7,9,11-13,18,20-21,24H,3-6,8,10,14-17,32H2,1-2H3/b9-7-/t18-,20-,21+,24+,30-/m1/s1. The molecule has 41 heavy (non-hydrogen) atoms. The maximum atomic E-state index is 13.9. The number of rotatable bonds is 5.